The molecule has 0 fully saturated rings. The fourth-order valence-electron chi connectivity index (χ4n) is 3.81. The van der Waals surface area contributed by atoms with Gasteiger partial charge in [-0.15, -0.1) is 6.58 Å². The summed E-state index contributed by atoms with van der Waals surface area (Å²) in [6.45, 7) is 3.60. The molecule has 0 spiro atoms. The Morgan fingerprint density at radius 3 is 1.84 bits per heavy atom. The van der Waals surface area contributed by atoms with Gasteiger partial charge in [0.1, 0.15) is 11.6 Å². The standard InChI is InChI=1S/C29H18F8O/c1-2-3-4-16-5-7-18(8-6-16)29(36,37)38-19-9-10-21(23(30)15-19)22-12-11-20(26(33)27(22)34)17-13-24(31)28(35)25(32)14-17/h2,5-15H,1,3-4H2. The van der Waals surface area contributed by atoms with E-state index in [4.69, 9.17) is 0 Å². The summed E-state index contributed by atoms with van der Waals surface area (Å²) in [7, 11) is 0. The molecule has 4 rings (SSSR count). The summed E-state index contributed by atoms with van der Waals surface area (Å²) in [6, 6.07) is 10.7. The Morgan fingerprint density at radius 2 is 1.24 bits per heavy atom. The van der Waals surface area contributed by atoms with Crippen LogP contribution >= 0.6 is 0 Å². The lowest BCUT2D eigenvalue weighted by Crippen LogP contribution is -2.22. The summed E-state index contributed by atoms with van der Waals surface area (Å²) in [5, 5.41) is 0. The Hall–Kier alpha value is -4.14. The summed E-state index contributed by atoms with van der Waals surface area (Å²) < 4.78 is 119. The molecule has 0 saturated heterocycles. The third kappa shape index (κ3) is 5.41. The third-order valence-electron chi connectivity index (χ3n) is 5.78. The zero-order chi connectivity index (χ0) is 27.6. The second kappa shape index (κ2) is 10.7. The number of alkyl halides is 2. The van der Waals surface area contributed by atoms with E-state index in [-0.39, 0.29) is 0 Å². The maximum absolute atomic E-state index is 14.8. The molecule has 0 atom stereocenters. The van der Waals surface area contributed by atoms with E-state index in [0.717, 1.165) is 29.8 Å². The lowest BCUT2D eigenvalue weighted by atomic mass is 9.98. The first-order valence-electron chi connectivity index (χ1n) is 11.2. The molecular weight excluding hydrogens is 516 g/mol. The highest BCUT2D eigenvalue weighted by Gasteiger charge is 2.34. The van der Waals surface area contributed by atoms with Crippen molar-refractivity contribution in [1.82, 2.24) is 0 Å². The predicted octanol–water partition coefficient (Wildman–Crippen LogP) is 9.10. The SMILES string of the molecule is C=CCCc1ccc(C(F)(F)Oc2ccc(-c3ccc(-c4cc(F)c(F)c(F)c4)c(F)c3F)c(F)c2)cc1. The van der Waals surface area contributed by atoms with Crippen LogP contribution < -0.4 is 4.74 Å². The highest BCUT2D eigenvalue weighted by Crippen LogP contribution is 2.37. The molecular formula is C29H18F8O. The molecule has 1 nitrogen and oxygen atoms in total. The minimum atomic E-state index is -3.82. The van der Waals surface area contributed by atoms with Crippen molar-refractivity contribution >= 4 is 0 Å². The number of aryl methyl sites for hydroxylation is 1. The largest absolute Gasteiger partial charge is 0.429 e. The maximum Gasteiger partial charge on any atom is 0.426 e. The number of benzene rings is 4. The molecule has 0 bridgehead atoms. The van der Waals surface area contributed by atoms with Gasteiger partial charge >= 0.3 is 6.11 Å². The van der Waals surface area contributed by atoms with Crippen LogP contribution in [0.15, 0.2) is 79.4 Å². The summed E-state index contributed by atoms with van der Waals surface area (Å²) in [5.74, 6) is -9.89. The fraction of sp³-hybridized carbons (Fsp3) is 0.103. The lowest BCUT2D eigenvalue weighted by Gasteiger charge is -2.19. The van der Waals surface area contributed by atoms with Crippen LogP contribution in [0, 0.1) is 34.9 Å². The van der Waals surface area contributed by atoms with E-state index >= 15 is 0 Å². The van der Waals surface area contributed by atoms with Crippen LogP contribution in [-0.2, 0) is 12.5 Å². The molecule has 0 amide bonds. The Balaban J connectivity index is 1.59. The Morgan fingerprint density at radius 1 is 0.658 bits per heavy atom. The van der Waals surface area contributed by atoms with E-state index in [2.05, 4.69) is 11.3 Å². The van der Waals surface area contributed by atoms with Crippen molar-refractivity contribution in [3.05, 3.63) is 125 Å². The van der Waals surface area contributed by atoms with Gasteiger partial charge in [-0.3, -0.25) is 0 Å². The van der Waals surface area contributed by atoms with E-state index in [1.54, 1.807) is 6.08 Å². The molecule has 0 heterocycles. The monoisotopic (exact) mass is 534 g/mol. The quantitative estimate of drug-likeness (QED) is 0.124. The normalized spacial score (nSPS) is 11.5. The smallest absolute Gasteiger partial charge is 0.426 e. The summed E-state index contributed by atoms with van der Waals surface area (Å²) in [4.78, 5) is 0. The van der Waals surface area contributed by atoms with Crippen molar-refractivity contribution in [3.8, 4) is 28.0 Å². The first-order valence-corrected chi connectivity index (χ1v) is 11.2. The number of halogens is 8. The van der Waals surface area contributed by atoms with Gasteiger partial charge in [0.25, 0.3) is 0 Å². The van der Waals surface area contributed by atoms with Gasteiger partial charge in [-0.1, -0.05) is 30.3 Å². The molecule has 0 N–H and O–H groups in total. The van der Waals surface area contributed by atoms with Gasteiger partial charge in [-0.25, -0.2) is 26.3 Å². The van der Waals surface area contributed by atoms with E-state index in [1.165, 1.54) is 24.3 Å². The van der Waals surface area contributed by atoms with Crippen molar-refractivity contribution in [3.63, 3.8) is 0 Å². The Kier molecular flexibility index (Phi) is 7.57. The van der Waals surface area contributed by atoms with Gasteiger partial charge in [0.2, 0.25) is 0 Å². The van der Waals surface area contributed by atoms with Crippen LogP contribution in [0.3, 0.4) is 0 Å². The third-order valence-corrected chi connectivity index (χ3v) is 5.78. The number of hydrogen-bond donors (Lipinski definition) is 0. The maximum atomic E-state index is 14.8. The number of hydrogen-bond acceptors (Lipinski definition) is 1. The van der Waals surface area contributed by atoms with Gasteiger partial charge in [0, 0.05) is 22.8 Å². The summed E-state index contributed by atoms with van der Waals surface area (Å²) >= 11 is 0. The second-order valence-corrected chi connectivity index (χ2v) is 8.33. The first kappa shape index (κ1) is 26.9. The van der Waals surface area contributed by atoms with Crippen LogP contribution in [-0.4, -0.2) is 0 Å². The van der Waals surface area contributed by atoms with E-state index in [1.807, 2.05) is 0 Å². The van der Waals surface area contributed by atoms with Gasteiger partial charge in [-0.2, -0.15) is 8.78 Å². The van der Waals surface area contributed by atoms with Gasteiger partial charge < -0.3 is 4.74 Å². The van der Waals surface area contributed by atoms with Crippen molar-refractivity contribution in [2.24, 2.45) is 0 Å². The molecule has 0 radical (unpaired) electrons. The molecule has 38 heavy (non-hydrogen) atoms. The molecule has 4 aromatic rings. The van der Waals surface area contributed by atoms with Gasteiger partial charge in [0.05, 0.1) is 5.56 Å². The zero-order valence-electron chi connectivity index (χ0n) is 19.5. The molecule has 0 unspecified atom stereocenters. The number of ether oxygens (including phenoxy) is 1. The van der Waals surface area contributed by atoms with Crippen LogP contribution in [0.25, 0.3) is 22.3 Å². The molecule has 196 valence electrons. The van der Waals surface area contributed by atoms with Crippen LogP contribution in [0.4, 0.5) is 35.1 Å². The predicted molar refractivity (Wildman–Crippen MR) is 127 cm³/mol. The van der Waals surface area contributed by atoms with Crippen molar-refractivity contribution in [2.45, 2.75) is 19.0 Å². The number of rotatable bonds is 8. The molecule has 0 aromatic heterocycles. The first-order chi connectivity index (χ1) is 18.0. The second-order valence-electron chi connectivity index (χ2n) is 8.33. The fourth-order valence-corrected chi connectivity index (χ4v) is 3.81. The molecule has 0 saturated carbocycles. The molecule has 4 aromatic carbocycles. The molecule has 0 aliphatic carbocycles. The molecule has 0 aliphatic heterocycles. The molecule has 0 aliphatic rings. The lowest BCUT2D eigenvalue weighted by molar-refractivity contribution is -0.185. The number of allylic oxidation sites excluding steroid dienone is 1. The Labute approximate surface area is 212 Å². The van der Waals surface area contributed by atoms with Crippen molar-refractivity contribution in [2.75, 3.05) is 0 Å². The van der Waals surface area contributed by atoms with E-state index in [9.17, 15) is 35.1 Å². The summed E-state index contributed by atoms with van der Waals surface area (Å²) in [6.07, 6.45) is -0.816. The summed E-state index contributed by atoms with van der Waals surface area (Å²) in [5.41, 5.74) is -1.80. The van der Waals surface area contributed by atoms with Crippen molar-refractivity contribution in [1.29, 1.82) is 0 Å². The van der Waals surface area contributed by atoms with Gasteiger partial charge in [-0.05, 0) is 60.4 Å². The Bertz CT molecular complexity index is 1470. The highest BCUT2D eigenvalue weighted by atomic mass is 19.3. The average molecular weight is 534 g/mol. The van der Waals surface area contributed by atoms with E-state index < -0.39 is 74.6 Å². The average Bonchev–Trinajstić information content (AvgIpc) is 2.88. The highest BCUT2D eigenvalue weighted by molar-refractivity contribution is 5.72. The van der Waals surface area contributed by atoms with Crippen molar-refractivity contribution < 1.29 is 39.9 Å². The minimum Gasteiger partial charge on any atom is -0.429 e. The van der Waals surface area contributed by atoms with Crippen LogP contribution in [0.2, 0.25) is 0 Å². The molecule has 9 heteroatoms. The van der Waals surface area contributed by atoms with Crippen LogP contribution in [0.1, 0.15) is 17.5 Å². The zero-order valence-corrected chi connectivity index (χ0v) is 19.5. The topological polar surface area (TPSA) is 9.23 Å². The van der Waals surface area contributed by atoms with Gasteiger partial charge in [0.15, 0.2) is 29.1 Å². The minimum absolute atomic E-state index is 0.471. The van der Waals surface area contributed by atoms with E-state index in [0.29, 0.717) is 31.0 Å². The van der Waals surface area contributed by atoms with Crippen LogP contribution in [0.5, 0.6) is 5.75 Å².